The average molecular weight is 339 g/mol. The van der Waals surface area contributed by atoms with Crippen molar-refractivity contribution >= 4 is 16.9 Å². The number of H-pyrrole nitrogens is 1. The van der Waals surface area contributed by atoms with Crippen LogP contribution in [0, 0.1) is 0 Å². The molecule has 0 spiro atoms. The molecule has 1 heterocycles. The molecule has 3 rings (SSSR count). The van der Waals surface area contributed by atoms with Crippen molar-refractivity contribution in [3.8, 4) is 11.5 Å². The van der Waals surface area contributed by atoms with Gasteiger partial charge in [-0.3, -0.25) is 4.79 Å². The number of phenolic OH excluding ortho intramolecular Hbond substituents is 2. The van der Waals surface area contributed by atoms with E-state index in [1.54, 1.807) is 36.4 Å². The molecular formula is C20H21NO4. The summed E-state index contributed by atoms with van der Waals surface area (Å²) in [6.07, 6.45) is 0.352. The van der Waals surface area contributed by atoms with Crippen LogP contribution in [0.15, 0.2) is 36.4 Å². The summed E-state index contributed by atoms with van der Waals surface area (Å²) in [4.78, 5) is 14.7. The molecule has 3 aromatic rings. The Kier molecular flexibility index (Phi) is 4.40. The summed E-state index contributed by atoms with van der Waals surface area (Å²) >= 11 is 0. The molecule has 0 aliphatic carbocycles. The highest BCUT2D eigenvalue weighted by atomic mass is 16.4. The van der Waals surface area contributed by atoms with Gasteiger partial charge in [-0.15, -0.1) is 0 Å². The smallest absolute Gasteiger partial charge is 0.307 e. The van der Waals surface area contributed by atoms with Gasteiger partial charge in [0.1, 0.15) is 11.5 Å². The number of aromatic amines is 1. The number of aromatic nitrogens is 1. The lowest BCUT2D eigenvalue weighted by Gasteiger charge is -2.10. The van der Waals surface area contributed by atoms with E-state index in [1.165, 1.54) is 0 Å². The molecule has 0 unspecified atom stereocenters. The van der Waals surface area contributed by atoms with Crippen molar-refractivity contribution in [3.05, 3.63) is 58.8 Å². The Bertz CT molecular complexity index is 923. The maximum Gasteiger partial charge on any atom is 0.307 e. The second kappa shape index (κ2) is 6.51. The van der Waals surface area contributed by atoms with Crippen molar-refractivity contribution in [1.29, 1.82) is 0 Å². The predicted molar refractivity (Wildman–Crippen MR) is 96.3 cm³/mol. The number of phenols is 2. The second-order valence-electron chi connectivity index (χ2n) is 6.57. The Balaban J connectivity index is 2.20. The van der Waals surface area contributed by atoms with Gasteiger partial charge in [0.05, 0.1) is 6.42 Å². The van der Waals surface area contributed by atoms with E-state index in [4.69, 9.17) is 0 Å². The van der Waals surface area contributed by atoms with E-state index >= 15 is 0 Å². The van der Waals surface area contributed by atoms with Crippen LogP contribution in [-0.2, 0) is 17.6 Å². The number of hydrogen-bond acceptors (Lipinski definition) is 3. The number of rotatable bonds is 5. The molecule has 0 aliphatic heterocycles. The number of benzene rings is 2. The van der Waals surface area contributed by atoms with E-state index in [2.05, 4.69) is 4.98 Å². The largest absolute Gasteiger partial charge is 0.508 e. The van der Waals surface area contributed by atoms with Gasteiger partial charge >= 0.3 is 5.97 Å². The number of carboxylic acid groups (broad SMARTS) is 1. The fourth-order valence-corrected chi connectivity index (χ4v) is 3.27. The zero-order chi connectivity index (χ0) is 18.1. The maximum atomic E-state index is 11.4. The van der Waals surface area contributed by atoms with Gasteiger partial charge in [0.2, 0.25) is 0 Å². The molecule has 0 saturated heterocycles. The molecule has 2 aromatic carbocycles. The Morgan fingerprint density at radius 1 is 1.04 bits per heavy atom. The minimum atomic E-state index is -0.901. The van der Waals surface area contributed by atoms with Gasteiger partial charge in [0, 0.05) is 28.6 Å². The molecule has 0 amide bonds. The fraction of sp³-hybridized carbons (Fsp3) is 0.250. The van der Waals surface area contributed by atoms with Crippen molar-refractivity contribution in [2.45, 2.75) is 32.6 Å². The summed E-state index contributed by atoms with van der Waals surface area (Å²) in [5.74, 6) is -0.435. The first-order valence-electron chi connectivity index (χ1n) is 8.21. The summed E-state index contributed by atoms with van der Waals surface area (Å²) in [7, 11) is 0. The van der Waals surface area contributed by atoms with Gasteiger partial charge in [0.25, 0.3) is 0 Å². The van der Waals surface area contributed by atoms with Crippen LogP contribution in [-0.4, -0.2) is 26.3 Å². The van der Waals surface area contributed by atoms with Crippen molar-refractivity contribution in [2.75, 3.05) is 0 Å². The molecule has 0 fully saturated rings. The third kappa shape index (κ3) is 3.31. The lowest BCUT2D eigenvalue weighted by molar-refractivity contribution is -0.136. The van der Waals surface area contributed by atoms with E-state index in [-0.39, 0.29) is 23.8 Å². The Labute approximate surface area is 145 Å². The van der Waals surface area contributed by atoms with Crippen LogP contribution in [0.25, 0.3) is 10.9 Å². The van der Waals surface area contributed by atoms with Gasteiger partial charge in [-0.1, -0.05) is 26.0 Å². The van der Waals surface area contributed by atoms with Crippen molar-refractivity contribution in [2.24, 2.45) is 0 Å². The first-order chi connectivity index (χ1) is 11.9. The number of aromatic hydroxyl groups is 2. The first kappa shape index (κ1) is 16.9. The van der Waals surface area contributed by atoms with E-state index in [0.29, 0.717) is 12.0 Å². The van der Waals surface area contributed by atoms with Crippen LogP contribution >= 0.6 is 0 Å². The molecule has 25 heavy (non-hydrogen) atoms. The average Bonchev–Trinajstić information content (AvgIpc) is 2.90. The molecule has 0 saturated carbocycles. The number of hydrogen-bond donors (Lipinski definition) is 4. The number of nitrogens with one attached hydrogen (secondary N) is 1. The first-order valence-corrected chi connectivity index (χ1v) is 8.21. The monoisotopic (exact) mass is 339 g/mol. The predicted octanol–water partition coefficient (Wildman–Crippen LogP) is 3.92. The summed E-state index contributed by atoms with van der Waals surface area (Å²) in [5.41, 5.74) is 4.06. The standard InChI is InChI=1S/C20H21NO4/c1-11(2)20-15(10-18(24)25)19-14(17(23)8-7-16(19)21-20)9-12-3-5-13(22)6-4-12/h3-8,11,21-23H,9-10H2,1-2H3,(H,24,25). The van der Waals surface area contributed by atoms with Crippen LogP contribution in [0.2, 0.25) is 0 Å². The van der Waals surface area contributed by atoms with Crippen LogP contribution in [0.1, 0.15) is 42.1 Å². The van der Waals surface area contributed by atoms with E-state index in [0.717, 1.165) is 27.7 Å². The quantitative estimate of drug-likeness (QED) is 0.567. The molecule has 130 valence electrons. The maximum absolute atomic E-state index is 11.4. The normalized spacial score (nSPS) is 11.3. The number of aliphatic carboxylic acids is 1. The van der Waals surface area contributed by atoms with Crippen LogP contribution in [0.3, 0.4) is 0 Å². The van der Waals surface area contributed by atoms with Gasteiger partial charge in [-0.05, 0) is 41.3 Å². The Morgan fingerprint density at radius 3 is 2.32 bits per heavy atom. The molecule has 0 radical (unpaired) electrons. The number of fused-ring (bicyclic) bond motifs is 1. The Morgan fingerprint density at radius 2 is 1.72 bits per heavy atom. The molecule has 5 heteroatoms. The van der Waals surface area contributed by atoms with E-state index < -0.39 is 5.97 Å². The highest BCUT2D eigenvalue weighted by molar-refractivity contribution is 5.93. The lowest BCUT2D eigenvalue weighted by Crippen LogP contribution is -2.04. The zero-order valence-electron chi connectivity index (χ0n) is 14.2. The van der Waals surface area contributed by atoms with Crippen LogP contribution in [0.5, 0.6) is 11.5 Å². The van der Waals surface area contributed by atoms with Crippen molar-refractivity contribution in [1.82, 2.24) is 4.98 Å². The van der Waals surface area contributed by atoms with Gasteiger partial charge in [-0.2, -0.15) is 0 Å². The van der Waals surface area contributed by atoms with Crippen molar-refractivity contribution < 1.29 is 20.1 Å². The third-order valence-electron chi connectivity index (χ3n) is 4.41. The van der Waals surface area contributed by atoms with Crippen LogP contribution < -0.4 is 0 Å². The molecule has 1 aromatic heterocycles. The fourth-order valence-electron chi connectivity index (χ4n) is 3.27. The van der Waals surface area contributed by atoms with Crippen molar-refractivity contribution in [3.63, 3.8) is 0 Å². The summed E-state index contributed by atoms with van der Waals surface area (Å²) in [6, 6.07) is 10.2. The second-order valence-corrected chi connectivity index (χ2v) is 6.57. The third-order valence-corrected chi connectivity index (χ3v) is 4.41. The van der Waals surface area contributed by atoms with Crippen LogP contribution in [0.4, 0.5) is 0 Å². The number of carbonyl (C=O) groups is 1. The van der Waals surface area contributed by atoms with Gasteiger partial charge in [0.15, 0.2) is 0 Å². The van der Waals surface area contributed by atoms with E-state index in [9.17, 15) is 20.1 Å². The molecule has 5 nitrogen and oxygen atoms in total. The zero-order valence-corrected chi connectivity index (χ0v) is 14.2. The number of carboxylic acids is 1. The molecule has 4 N–H and O–H groups in total. The SMILES string of the molecule is CC(C)c1[nH]c2ccc(O)c(Cc3ccc(O)cc3)c2c1CC(=O)O. The summed E-state index contributed by atoms with van der Waals surface area (Å²) in [6.45, 7) is 4.02. The molecule has 0 aliphatic rings. The Hall–Kier alpha value is -2.95. The minimum Gasteiger partial charge on any atom is -0.508 e. The molecule has 0 atom stereocenters. The highest BCUT2D eigenvalue weighted by Gasteiger charge is 2.21. The minimum absolute atomic E-state index is 0.0977. The lowest BCUT2D eigenvalue weighted by atomic mass is 9.94. The van der Waals surface area contributed by atoms with Gasteiger partial charge < -0.3 is 20.3 Å². The highest BCUT2D eigenvalue weighted by Crippen LogP contribution is 2.36. The van der Waals surface area contributed by atoms with E-state index in [1.807, 2.05) is 13.8 Å². The molecular weight excluding hydrogens is 318 g/mol. The van der Waals surface area contributed by atoms with Gasteiger partial charge in [-0.25, -0.2) is 0 Å². The molecule has 0 bridgehead atoms. The summed E-state index contributed by atoms with van der Waals surface area (Å²) in [5, 5.41) is 30.0. The summed E-state index contributed by atoms with van der Waals surface area (Å²) < 4.78 is 0. The topological polar surface area (TPSA) is 93.5 Å².